The minimum Gasteiger partial charge on any atom is -0.324 e. The molecule has 0 spiro atoms. The van der Waals surface area contributed by atoms with Crippen molar-refractivity contribution in [2.45, 2.75) is 9.79 Å². The molecule has 0 unspecified atom stereocenters. The molecule has 0 saturated heterocycles. The van der Waals surface area contributed by atoms with E-state index in [1.807, 2.05) is 0 Å². The van der Waals surface area contributed by atoms with Crippen molar-refractivity contribution in [2.75, 3.05) is 11.1 Å². The second kappa shape index (κ2) is 3.51. The van der Waals surface area contributed by atoms with Crippen LogP contribution >= 0.6 is 11.8 Å². The fourth-order valence-electron chi connectivity index (χ4n) is 1.22. The Kier molecular flexibility index (Phi) is 2.45. The van der Waals surface area contributed by atoms with Crippen molar-refractivity contribution in [1.29, 1.82) is 0 Å². The largest absolute Gasteiger partial charge is 0.324 e. The van der Waals surface area contributed by atoms with Crippen molar-refractivity contribution in [1.82, 2.24) is 0 Å². The lowest BCUT2D eigenvalue weighted by Gasteiger charge is -2.16. The van der Waals surface area contributed by atoms with Crippen molar-refractivity contribution in [3.8, 4) is 0 Å². The maximum absolute atomic E-state index is 11.0. The van der Waals surface area contributed by atoms with Gasteiger partial charge in [0.25, 0.3) is 10.1 Å². The highest BCUT2D eigenvalue weighted by molar-refractivity contribution is 8.00. The number of rotatable bonds is 1. The molecule has 1 aromatic rings. The number of fused-ring (bicyclic) bond motifs is 1. The van der Waals surface area contributed by atoms with E-state index in [0.29, 0.717) is 11.4 Å². The van der Waals surface area contributed by atoms with Crippen LogP contribution in [0.2, 0.25) is 0 Å². The zero-order valence-corrected chi connectivity index (χ0v) is 9.06. The molecule has 0 fully saturated rings. The van der Waals surface area contributed by atoms with Crippen molar-refractivity contribution in [3.05, 3.63) is 18.2 Å². The molecule has 15 heavy (non-hydrogen) atoms. The summed E-state index contributed by atoms with van der Waals surface area (Å²) in [4.78, 5) is 11.6. The van der Waals surface area contributed by atoms with Crippen LogP contribution in [0.25, 0.3) is 0 Å². The van der Waals surface area contributed by atoms with Crippen LogP contribution in [-0.4, -0.2) is 24.6 Å². The fraction of sp³-hybridized carbons (Fsp3) is 0.125. The summed E-state index contributed by atoms with van der Waals surface area (Å²) in [5.74, 6) is 0.137. The van der Waals surface area contributed by atoms with Crippen LogP contribution in [0.15, 0.2) is 28.0 Å². The second-order valence-corrected chi connectivity index (χ2v) is 5.41. The summed E-state index contributed by atoms with van der Waals surface area (Å²) in [6.45, 7) is 0. The molecule has 0 saturated carbocycles. The third kappa shape index (κ3) is 2.14. The first kappa shape index (κ1) is 10.5. The van der Waals surface area contributed by atoms with Gasteiger partial charge < -0.3 is 5.32 Å². The Labute approximate surface area is 90.6 Å². The van der Waals surface area contributed by atoms with Crippen LogP contribution in [0, 0.1) is 0 Å². The summed E-state index contributed by atoms with van der Waals surface area (Å²) in [7, 11) is -4.21. The maximum Gasteiger partial charge on any atom is 0.294 e. The Hall–Kier alpha value is -1.05. The molecule has 80 valence electrons. The van der Waals surface area contributed by atoms with Gasteiger partial charge in [0.1, 0.15) is 0 Å². The van der Waals surface area contributed by atoms with E-state index in [-0.39, 0.29) is 10.8 Å². The van der Waals surface area contributed by atoms with Gasteiger partial charge in [-0.15, -0.1) is 11.8 Å². The quantitative estimate of drug-likeness (QED) is 0.720. The zero-order valence-electron chi connectivity index (χ0n) is 7.43. The van der Waals surface area contributed by atoms with Gasteiger partial charge in [-0.3, -0.25) is 9.35 Å². The first-order valence-electron chi connectivity index (χ1n) is 4.01. The predicted octanol–water partition coefficient (Wildman–Crippen LogP) is 0.978. The lowest BCUT2D eigenvalue weighted by molar-refractivity contribution is -0.113. The van der Waals surface area contributed by atoms with Gasteiger partial charge in [-0.05, 0) is 18.2 Å². The van der Waals surface area contributed by atoms with Crippen molar-refractivity contribution >= 4 is 33.5 Å². The Bertz CT molecular complexity index is 523. The molecule has 0 aliphatic carbocycles. The molecule has 0 aromatic heterocycles. The average molecular weight is 245 g/mol. The maximum atomic E-state index is 11.0. The summed E-state index contributed by atoms with van der Waals surface area (Å²) >= 11 is 1.33. The molecule has 0 radical (unpaired) electrons. The van der Waals surface area contributed by atoms with Gasteiger partial charge >= 0.3 is 0 Å². The Morgan fingerprint density at radius 1 is 1.40 bits per heavy atom. The monoisotopic (exact) mass is 245 g/mol. The number of amides is 1. The molecular formula is C8H7NO4S2. The van der Waals surface area contributed by atoms with Crippen LogP contribution < -0.4 is 5.32 Å². The van der Waals surface area contributed by atoms with Crippen LogP contribution in [0.1, 0.15) is 0 Å². The lowest BCUT2D eigenvalue weighted by Crippen LogP contribution is -2.18. The van der Waals surface area contributed by atoms with E-state index in [9.17, 15) is 13.2 Å². The van der Waals surface area contributed by atoms with E-state index in [0.717, 1.165) is 4.90 Å². The Morgan fingerprint density at radius 3 is 2.80 bits per heavy atom. The van der Waals surface area contributed by atoms with Gasteiger partial charge in [0.15, 0.2) is 0 Å². The van der Waals surface area contributed by atoms with Gasteiger partial charge in [-0.25, -0.2) is 0 Å². The number of carbonyl (C=O) groups excluding carboxylic acids is 1. The van der Waals surface area contributed by atoms with Crippen LogP contribution in [-0.2, 0) is 14.9 Å². The molecule has 0 atom stereocenters. The molecule has 2 N–H and O–H groups in total. The highest BCUT2D eigenvalue weighted by atomic mass is 32.2. The van der Waals surface area contributed by atoms with Crippen LogP contribution in [0.3, 0.4) is 0 Å². The van der Waals surface area contributed by atoms with Crippen molar-refractivity contribution in [2.24, 2.45) is 0 Å². The summed E-state index contributed by atoms with van der Waals surface area (Å²) in [6, 6.07) is 4.11. The number of anilines is 1. The van der Waals surface area contributed by atoms with Gasteiger partial charge in [0.05, 0.1) is 16.3 Å². The van der Waals surface area contributed by atoms with E-state index in [4.69, 9.17) is 4.55 Å². The predicted molar refractivity (Wildman–Crippen MR) is 55.6 cm³/mol. The minimum absolute atomic E-state index is 0.181. The molecule has 1 aliphatic heterocycles. The normalized spacial score (nSPS) is 15.7. The second-order valence-electron chi connectivity index (χ2n) is 2.97. The van der Waals surface area contributed by atoms with E-state index < -0.39 is 10.1 Å². The molecular weight excluding hydrogens is 238 g/mol. The molecule has 1 heterocycles. The highest BCUT2D eigenvalue weighted by Crippen LogP contribution is 2.32. The highest BCUT2D eigenvalue weighted by Gasteiger charge is 2.18. The van der Waals surface area contributed by atoms with Crippen molar-refractivity contribution in [3.63, 3.8) is 0 Å². The first-order chi connectivity index (χ1) is 6.97. The number of thioether (sulfide) groups is 1. The fourth-order valence-corrected chi connectivity index (χ4v) is 2.52. The smallest absolute Gasteiger partial charge is 0.294 e. The van der Waals surface area contributed by atoms with E-state index >= 15 is 0 Å². The molecule has 0 bridgehead atoms. The standard InChI is InChI=1S/C8H7NO4S2/c10-8-4-14-7-2-1-5(15(11,12)13)3-6(7)9-8/h1-3H,4H2,(H,9,10)(H,11,12,13). The topological polar surface area (TPSA) is 83.5 Å². The van der Waals surface area contributed by atoms with Crippen molar-refractivity contribution < 1.29 is 17.8 Å². The molecule has 7 heteroatoms. The summed E-state index contributed by atoms with van der Waals surface area (Å²) in [6.07, 6.45) is 0. The SMILES string of the molecule is O=C1CSc2ccc(S(=O)(=O)O)cc2N1. The summed E-state index contributed by atoms with van der Waals surface area (Å²) < 4.78 is 30.5. The first-order valence-corrected chi connectivity index (χ1v) is 6.43. The van der Waals surface area contributed by atoms with Crippen LogP contribution in [0.4, 0.5) is 5.69 Å². The van der Waals surface area contributed by atoms with Gasteiger partial charge in [0.2, 0.25) is 5.91 Å². The van der Waals surface area contributed by atoms with Crippen LogP contribution in [0.5, 0.6) is 0 Å². The number of carbonyl (C=O) groups is 1. The third-order valence-corrected chi connectivity index (χ3v) is 3.80. The third-order valence-electron chi connectivity index (χ3n) is 1.88. The minimum atomic E-state index is -4.21. The van der Waals surface area contributed by atoms with Gasteiger partial charge in [0, 0.05) is 4.90 Å². The Morgan fingerprint density at radius 2 is 2.13 bits per heavy atom. The molecule has 1 aromatic carbocycles. The Balaban J connectivity index is 2.50. The number of hydrogen-bond acceptors (Lipinski definition) is 4. The van der Waals surface area contributed by atoms with E-state index in [1.165, 1.54) is 23.9 Å². The van der Waals surface area contributed by atoms with E-state index in [2.05, 4.69) is 5.32 Å². The summed E-state index contributed by atoms with van der Waals surface area (Å²) in [5.41, 5.74) is 0.423. The number of hydrogen-bond donors (Lipinski definition) is 2. The average Bonchev–Trinajstić information content (AvgIpc) is 2.15. The molecule has 1 amide bonds. The van der Waals surface area contributed by atoms with E-state index in [1.54, 1.807) is 6.07 Å². The zero-order chi connectivity index (χ0) is 11.1. The van der Waals surface area contributed by atoms with Gasteiger partial charge in [-0.1, -0.05) is 0 Å². The molecule has 1 aliphatic rings. The lowest BCUT2D eigenvalue weighted by atomic mass is 10.3. The number of nitrogens with one attached hydrogen (secondary N) is 1. The molecule has 2 rings (SSSR count). The van der Waals surface area contributed by atoms with Gasteiger partial charge in [-0.2, -0.15) is 8.42 Å². The summed E-state index contributed by atoms with van der Waals surface area (Å²) in [5, 5.41) is 2.54. The molecule has 5 nitrogen and oxygen atoms in total. The number of benzene rings is 1.